The highest BCUT2D eigenvalue weighted by atomic mass is 35.5. The van der Waals surface area contributed by atoms with Crippen molar-refractivity contribution in [2.24, 2.45) is 11.8 Å². The molecule has 1 aliphatic heterocycles. The van der Waals surface area contributed by atoms with Crippen LogP contribution < -0.4 is 10.7 Å². The molecule has 0 radical (unpaired) electrons. The number of imidazole rings is 1. The average Bonchev–Trinajstić information content (AvgIpc) is 3.53. The lowest BCUT2D eigenvalue weighted by atomic mass is 9.83. The first kappa shape index (κ1) is 25.9. The molecule has 11 nitrogen and oxygen atoms in total. The smallest absolute Gasteiger partial charge is 0.384 e. The van der Waals surface area contributed by atoms with Gasteiger partial charge in [-0.05, 0) is 50.5 Å². The van der Waals surface area contributed by atoms with Gasteiger partial charge in [-0.2, -0.15) is 4.98 Å². The summed E-state index contributed by atoms with van der Waals surface area (Å²) in [6.45, 7) is 6.20. The van der Waals surface area contributed by atoms with Crippen LogP contribution in [0.4, 0.5) is 5.95 Å². The molecule has 2 atom stereocenters. The molecule has 5 heterocycles. The van der Waals surface area contributed by atoms with E-state index in [0.717, 1.165) is 48.9 Å². The lowest BCUT2D eigenvalue weighted by Gasteiger charge is -2.38. The zero-order chi connectivity index (χ0) is 27.1. The normalized spacial score (nSPS) is 23.9. The number of methoxy groups -OCH3 is 1. The van der Waals surface area contributed by atoms with Crippen molar-refractivity contribution in [3.8, 4) is 23.0 Å². The molecule has 1 saturated heterocycles. The molecular formula is C27H33ClN8O3. The first-order chi connectivity index (χ1) is 18.9. The Morgan fingerprint density at radius 1 is 1.13 bits per heavy atom. The Bertz CT molecular complexity index is 1520. The van der Waals surface area contributed by atoms with Crippen LogP contribution in [0.2, 0.25) is 5.02 Å². The zero-order valence-electron chi connectivity index (χ0n) is 22.4. The van der Waals surface area contributed by atoms with Gasteiger partial charge in [0.25, 0.3) is 5.89 Å². The van der Waals surface area contributed by atoms with Gasteiger partial charge in [0.05, 0.1) is 11.1 Å². The van der Waals surface area contributed by atoms with Crippen molar-refractivity contribution in [2.75, 3.05) is 18.6 Å². The molecule has 206 valence electrons. The number of hydrogen-bond acceptors (Lipinski definition) is 9. The van der Waals surface area contributed by atoms with E-state index < -0.39 is 5.76 Å². The minimum atomic E-state index is -0.674. The van der Waals surface area contributed by atoms with Crippen LogP contribution in [-0.2, 0) is 11.3 Å². The van der Waals surface area contributed by atoms with Crippen molar-refractivity contribution in [3.05, 3.63) is 34.0 Å². The highest BCUT2D eigenvalue weighted by Gasteiger charge is 2.32. The summed E-state index contributed by atoms with van der Waals surface area (Å²) in [7, 11) is 1.78. The predicted octanol–water partition coefficient (Wildman–Crippen LogP) is 4.72. The largest absolute Gasteiger partial charge is 0.434 e. The number of piperidine rings is 1. The molecule has 2 aliphatic rings. The zero-order valence-corrected chi connectivity index (χ0v) is 23.2. The molecule has 4 aromatic heterocycles. The Morgan fingerprint density at radius 2 is 1.95 bits per heavy atom. The third-order valence-corrected chi connectivity index (χ3v) is 8.39. The predicted molar refractivity (Wildman–Crippen MR) is 148 cm³/mol. The van der Waals surface area contributed by atoms with Gasteiger partial charge in [0, 0.05) is 44.2 Å². The summed E-state index contributed by atoms with van der Waals surface area (Å²) in [6, 6.07) is 2.06. The van der Waals surface area contributed by atoms with Gasteiger partial charge < -0.3 is 18.6 Å². The van der Waals surface area contributed by atoms with Gasteiger partial charge in [0.15, 0.2) is 5.65 Å². The fourth-order valence-corrected chi connectivity index (χ4v) is 6.16. The van der Waals surface area contributed by atoms with Gasteiger partial charge in [-0.15, -0.1) is 5.10 Å². The molecule has 0 amide bonds. The molecule has 4 aromatic rings. The van der Waals surface area contributed by atoms with E-state index in [1.54, 1.807) is 19.5 Å². The van der Waals surface area contributed by atoms with Gasteiger partial charge >= 0.3 is 5.76 Å². The molecular weight excluding hydrogens is 520 g/mol. The number of hydrogen-bond donors (Lipinski definition) is 1. The lowest BCUT2D eigenvalue weighted by Crippen LogP contribution is -2.44. The summed E-state index contributed by atoms with van der Waals surface area (Å²) in [5.74, 6) is 1.66. The van der Waals surface area contributed by atoms with Crippen molar-refractivity contribution in [1.29, 1.82) is 0 Å². The number of fused-ring (bicyclic) bond motifs is 1. The Hall–Kier alpha value is -3.31. The lowest BCUT2D eigenvalue weighted by molar-refractivity contribution is 0.0716. The molecule has 1 saturated carbocycles. The van der Waals surface area contributed by atoms with E-state index in [4.69, 9.17) is 35.7 Å². The summed E-state index contributed by atoms with van der Waals surface area (Å²) in [5, 5.41) is 6.75. The molecule has 12 heteroatoms. The maximum Gasteiger partial charge on any atom is 0.434 e. The van der Waals surface area contributed by atoms with E-state index >= 15 is 0 Å². The summed E-state index contributed by atoms with van der Waals surface area (Å²) in [5.41, 5.74) is 2.68. The number of nitrogens with zero attached hydrogens (tertiary/aromatic N) is 7. The Balaban J connectivity index is 1.55. The number of rotatable bonds is 6. The second-order valence-corrected chi connectivity index (χ2v) is 11.4. The summed E-state index contributed by atoms with van der Waals surface area (Å²) in [6.07, 6.45) is 10.2. The van der Waals surface area contributed by atoms with Gasteiger partial charge in [-0.1, -0.05) is 31.4 Å². The molecule has 1 aliphatic carbocycles. The number of aromatic nitrogens is 7. The monoisotopic (exact) mass is 552 g/mol. The maximum atomic E-state index is 11.7. The van der Waals surface area contributed by atoms with Crippen LogP contribution in [0.15, 0.2) is 27.7 Å². The molecule has 0 bridgehead atoms. The van der Waals surface area contributed by atoms with Gasteiger partial charge in [0.1, 0.15) is 11.2 Å². The van der Waals surface area contributed by atoms with Gasteiger partial charge in [0.2, 0.25) is 11.8 Å². The van der Waals surface area contributed by atoms with Crippen LogP contribution >= 0.6 is 11.6 Å². The fraction of sp³-hybridized carbons (Fsp3) is 0.556. The molecule has 1 N–H and O–H groups in total. The second-order valence-electron chi connectivity index (χ2n) is 11.0. The minimum absolute atomic E-state index is 0.00443. The van der Waals surface area contributed by atoms with Crippen molar-refractivity contribution >= 4 is 28.7 Å². The van der Waals surface area contributed by atoms with E-state index in [2.05, 4.69) is 38.5 Å². The third kappa shape index (κ3) is 5.17. The SMILES string of the molecule is CO[C@H]1CCN(c2nc3nc(-c4n[nH]c(=O)o4)nc(-c4cncc(Cl)c4)c3n2C[C@H]2CC[C@H](C)CC2)[C@@H](C)C1. The number of nitrogens with one attached hydrogen (secondary N) is 1. The number of pyridine rings is 1. The van der Waals surface area contributed by atoms with E-state index in [1.165, 1.54) is 25.7 Å². The van der Waals surface area contributed by atoms with Crippen LogP contribution in [0.25, 0.3) is 34.1 Å². The number of aromatic amines is 1. The van der Waals surface area contributed by atoms with E-state index in [-0.39, 0.29) is 23.9 Å². The third-order valence-electron chi connectivity index (χ3n) is 8.19. The van der Waals surface area contributed by atoms with Crippen molar-refractivity contribution in [1.82, 2.24) is 34.7 Å². The highest BCUT2D eigenvalue weighted by molar-refractivity contribution is 6.30. The summed E-state index contributed by atoms with van der Waals surface area (Å²) < 4.78 is 13.2. The molecule has 0 spiro atoms. The van der Waals surface area contributed by atoms with Gasteiger partial charge in [-0.3, -0.25) is 4.98 Å². The number of halogens is 1. The van der Waals surface area contributed by atoms with Gasteiger partial charge in [-0.25, -0.2) is 19.9 Å². The molecule has 0 unspecified atom stereocenters. The maximum absolute atomic E-state index is 11.7. The topological polar surface area (TPSA) is 128 Å². The Morgan fingerprint density at radius 3 is 2.64 bits per heavy atom. The van der Waals surface area contributed by atoms with Crippen LogP contribution in [0.1, 0.15) is 52.4 Å². The first-order valence-corrected chi connectivity index (χ1v) is 14.0. The molecule has 39 heavy (non-hydrogen) atoms. The fourth-order valence-electron chi connectivity index (χ4n) is 5.99. The van der Waals surface area contributed by atoms with Crippen molar-refractivity contribution in [2.45, 2.75) is 71.1 Å². The summed E-state index contributed by atoms with van der Waals surface area (Å²) in [4.78, 5) is 33.1. The number of ether oxygens (including phenoxy) is 1. The molecule has 2 fully saturated rings. The van der Waals surface area contributed by atoms with E-state index in [1.807, 2.05) is 6.07 Å². The van der Waals surface area contributed by atoms with Crippen LogP contribution in [0.5, 0.6) is 0 Å². The van der Waals surface area contributed by atoms with E-state index in [0.29, 0.717) is 22.3 Å². The second kappa shape index (κ2) is 10.7. The van der Waals surface area contributed by atoms with Crippen LogP contribution in [-0.4, -0.2) is 60.5 Å². The standard InChI is InChI=1S/C27H33ClN8O3/c1-15-4-6-17(7-5-15)14-36-22-21(18-11-19(28)13-29-12-18)30-24(25-33-34-27(37)39-25)31-23(22)32-26(36)35-9-8-20(38-3)10-16(35)2/h11-13,15-17,20H,4-10,14H2,1-3H3,(H,34,37)/t15-,16-,17-,20-/m0/s1. The average molecular weight is 553 g/mol. The Labute approximate surface area is 231 Å². The number of anilines is 1. The first-order valence-electron chi connectivity index (χ1n) is 13.6. The quantitative estimate of drug-likeness (QED) is 0.361. The van der Waals surface area contributed by atoms with Crippen molar-refractivity contribution in [3.63, 3.8) is 0 Å². The summed E-state index contributed by atoms with van der Waals surface area (Å²) >= 11 is 6.36. The van der Waals surface area contributed by atoms with Crippen LogP contribution in [0, 0.1) is 11.8 Å². The van der Waals surface area contributed by atoms with E-state index in [9.17, 15) is 4.79 Å². The van der Waals surface area contributed by atoms with Crippen LogP contribution in [0.3, 0.4) is 0 Å². The van der Waals surface area contributed by atoms with Crippen molar-refractivity contribution < 1.29 is 9.15 Å². The minimum Gasteiger partial charge on any atom is -0.384 e. The molecule has 6 rings (SSSR count). The Kier molecular flexibility index (Phi) is 7.11. The highest BCUT2D eigenvalue weighted by Crippen LogP contribution is 2.37. The number of H-pyrrole nitrogens is 1. The molecule has 0 aromatic carbocycles.